The first kappa shape index (κ1) is 41.9. The number of aliphatic hydroxyl groups is 7. The van der Waals surface area contributed by atoms with Gasteiger partial charge in [0.05, 0.1) is 24.7 Å². The van der Waals surface area contributed by atoms with Crippen LogP contribution in [-0.4, -0.2) is 128 Å². The van der Waals surface area contributed by atoms with Gasteiger partial charge < -0.3 is 59.8 Å². The Balaban J connectivity index is 1.12. The van der Waals surface area contributed by atoms with Gasteiger partial charge in [0, 0.05) is 0 Å². The minimum Gasteiger partial charge on any atom is -0.481 e. The summed E-state index contributed by atoms with van der Waals surface area (Å²) < 4.78 is 24.0. The van der Waals surface area contributed by atoms with Crippen molar-refractivity contribution in [3.8, 4) is 0 Å². The van der Waals surface area contributed by atoms with E-state index in [-0.39, 0.29) is 45.0 Å². The molecular weight excluding hydrogens is 712 g/mol. The maximum absolute atomic E-state index is 13.0. The van der Waals surface area contributed by atoms with Gasteiger partial charge in [-0.1, -0.05) is 60.1 Å². The smallest absolute Gasteiger partial charge is 0.310 e. The van der Waals surface area contributed by atoms with Crippen molar-refractivity contribution in [1.29, 1.82) is 0 Å². The zero-order chi connectivity index (χ0) is 40.3. The fourth-order valence-electron chi connectivity index (χ4n) is 13.7. The van der Waals surface area contributed by atoms with E-state index in [0.717, 1.165) is 57.8 Å². The van der Waals surface area contributed by atoms with Gasteiger partial charge in [-0.2, -0.15) is 0 Å². The van der Waals surface area contributed by atoms with Crippen LogP contribution in [0.2, 0.25) is 0 Å². The highest BCUT2D eigenvalue weighted by molar-refractivity contribution is 5.76. The third-order valence-corrected chi connectivity index (χ3v) is 17.3. The Morgan fingerprint density at radius 2 is 1.35 bits per heavy atom. The molecule has 0 aromatic heterocycles. The number of rotatable bonds is 7. The predicted molar refractivity (Wildman–Crippen MR) is 198 cm³/mol. The molecule has 5 aliphatic carbocycles. The normalized spacial score (nSPS) is 53.2. The van der Waals surface area contributed by atoms with Gasteiger partial charge in [0.1, 0.15) is 48.8 Å². The monoisotopic (exact) mass is 780 g/mol. The second-order valence-corrected chi connectivity index (χ2v) is 20.7. The molecule has 13 nitrogen and oxygen atoms in total. The molecule has 0 bridgehead atoms. The largest absolute Gasteiger partial charge is 0.481 e. The second kappa shape index (κ2) is 14.2. The van der Waals surface area contributed by atoms with Crippen LogP contribution in [0.4, 0.5) is 0 Å². The lowest BCUT2D eigenvalue weighted by Crippen LogP contribution is -2.67. The molecule has 2 heterocycles. The van der Waals surface area contributed by atoms with E-state index < -0.39 is 86.0 Å². The van der Waals surface area contributed by atoms with Gasteiger partial charge in [-0.15, -0.1) is 0 Å². The van der Waals surface area contributed by atoms with Crippen LogP contribution in [0, 0.1) is 50.2 Å². The quantitative estimate of drug-likeness (QED) is 0.138. The summed E-state index contributed by atoms with van der Waals surface area (Å²) in [5.74, 6) is 0.0564. The Hall–Kier alpha value is -1.23. The molecule has 6 fully saturated rings. The van der Waals surface area contributed by atoms with Crippen LogP contribution in [0.15, 0.2) is 11.6 Å². The summed E-state index contributed by atoms with van der Waals surface area (Å²) >= 11 is 0. The maximum atomic E-state index is 13.0. The molecule has 2 saturated heterocycles. The van der Waals surface area contributed by atoms with Gasteiger partial charge in [0.15, 0.2) is 12.6 Å². The maximum Gasteiger partial charge on any atom is 0.310 e. The summed E-state index contributed by atoms with van der Waals surface area (Å²) in [4.78, 5) is 13.0. The van der Waals surface area contributed by atoms with E-state index in [1.54, 1.807) is 0 Å². The minimum atomic E-state index is -1.75. The van der Waals surface area contributed by atoms with Crippen molar-refractivity contribution in [2.75, 3.05) is 13.2 Å². The number of hydrogen-bond acceptors (Lipinski definition) is 12. The van der Waals surface area contributed by atoms with Crippen LogP contribution >= 0.6 is 0 Å². The minimum absolute atomic E-state index is 0.0134. The topological polar surface area (TPSA) is 216 Å². The standard InChI is InChI=1S/C42H68O13/c1-37(2)14-16-42(36(50)51)17-15-40(6)21(22(42)18-37)8-9-26-39(5)12-11-27(38(3,4)25(39)10-13-41(26,40)7)54-35-32(49)33(29(46)24(20-44)53-35)55-34-31(48)30(47)28(45)23(19-43)52-34/h8,22-35,43-49H,9-20H2,1-7H3,(H,50,51)/t22-,23+,24+,25?,26?,27-,28+,29+,30-,31+,32+,33-,34-,35-,39-,40?,41+,42-/m0/s1. The van der Waals surface area contributed by atoms with E-state index in [0.29, 0.717) is 12.3 Å². The highest BCUT2D eigenvalue weighted by atomic mass is 16.7. The van der Waals surface area contributed by atoms with Crippen molar-refractivity contribution in [3.63, 3.8) is 0 Å². The highest BCUT2D eigenvalue weighted by Crippen LogP contribution is 2.76. The fraction of sp³-hybridized carbons (Fsp3) is 0.929. The SMILES string of the molecule is CC1(C)CC[C@]2(C(=O)O)CCC3(C)C(=CCC4[C@@]5(C)CC[C@H](O[C@@H]6O[C@H](CO)[C@@H](O)[C@H](O[C@@H]7O[C@H](CO)[C@@H](O)[C@H](O)[C@H]7O)[C@H]6O)C(C)(C)C5CC[C@]43C)[C@@H]2C1. The van der Waals surface area contributed by atoms with E-state index in [2.05, 4.69) is 54.5 Å². The molecule has 8 N–H and O–H groups in total. The van der Waals surface area contributed by atoms with Crippen molar-refractivity contribution in [2.45, 2.75) is 180 Å². The van der Waals surface area contributed by atoms with Crippen LogP contribution in [0.1, 0.15) is 113 Å². The Kier molecular flexibility index (Phi) is 10.8. The summed E-state index contributed by atoms with van der Waals surface area (Å²) in [5, 5.41) is 84.4. The Bertz CT molecular complexity index is 1480. The molecule has 55 heavy (non-hydrogen) atoms. The molecule has 4 saturated carbocycles. The molecule has 0 amide bonds. The number of aliphatic hydroxyl groups excluding tert-OH is 7. The number of carboxylic acid groups (broad SMARTS) is 1. The molecule has 314 valence electrons. The van der Waals surface area contributed by atoms with E-state index in [9.17, 15) is 45.6 Å². The van der Waals surface area contributed by atoms with Crippen LogP contribution in [0.25, 0.3) is 0 Å². The number of carboxylic acids is 1. The van der Waals surface area contributed by atoms with Gasteiger partial charge in [-0.3, -0.25) is 4.79 Å². The molecule has 3 unspecified atom stereocenters. The number of ether oxygens (including phenoxy) is 4. The second-order valence-electron chi connectivity index (χ2n) is 20.7. The number of fused-ring (bicyclic) bond motifs is 7. The summed E-state index contributed by atoms with van der Waals surface area (Å²) in [7, 11) is 0. The molecule has 7 rings (SSSR count). The lowest BCUT2D eigenvalue weighted by atomic mass is 9.33. The summed E-state index contributed by atoms with van der Waals surface area (Å²) in [6.07, 6.45) is -4.35. The van der Waals surface area contributed by atoms with Gasteiger partial charge in [0.2, 0.25) is 0 Å². The Morgan fingerprint density at radius 3 is 1.98 bits per heavy atom. The molecule has 0 spiro atoms. The first-order valence-corrected chi connectivity index (χ1v) is 20.8. The van der Waals surface area contributed by atoms with Crippen LogP contribution in [-0.2, 0) is 23.7 Å². The van der Waals surface area contributed by atoms with Crippen LogP contribution < -0.4 is 0 Å². The van der Waals surface area contributed by atoms with Crippen LogP contribution in [0.5, 0.6) is 0 Å². The van der Waals surface area contributed by atoms with Crippen LogP contribution in [0.3, 0.4) is 0 Å². The number of aliphatic carboxylic acids is 1. The third-order valence-electron chi connectivity index (χ3n) is 17.3. The predicted octanol–water partition coefficient (Wildman–Crippen LogP) is 2.88. The molecule has 2 aliphatic heterocycles. The zero-order valence-electron chi connectivity index (χ0n) is 33.8. The van der Waals surface area contributed by atoms with E-state index in [1.807, 2.05) is 0 Å². The molecule has 13 heteroatoms. The Morgan fingerprint density at radius 1 is 0.727 bits per heavy atom. The lowest BCUT2D eigenvalue weighted by Gasteiger charge is -2.71. The number of hydrogen-bond donors (Lipinski definition) is 8. The van der Waals surface area contributed by atoms with E-state index >= 15 is 0 Å². The fourth-order valence-corrected chi connectivity index (χ4v) is 13.7. The van der Waals surface area contributed by atoms with Crippen molar-refractivity contribution in [1.82, 2.24) is 0 Å². The number of allylic oxidation sites excluding steroid dienone is 2. The molecule has 0 aromatic carbocycles. The van der Waals surface area contributed by atoms with Crippen molar-refractivity contribution >= 4 is 5.97 Å². The van der Waals surface area contributed by atoms with E-state index in [4.69, 9.17) is 18.9 Å². The number of carbonyl (C=O) groups is 1. The first-order valence-electron chi connectivity index (χ1n) is 20.8. The van der Waals surface area contributed by atoms with Crippen molar-refractivity contribution in [3.05, 3.63) is 11.6 Å². The average molecular weight is 781 g/mol. The average Bonchev–Trinajstić information content (AvgIpc) is 3.12. The first-order chi connectivity index (χ1) is 25.6. The van der Waals surface area contributed by atoms with Gasteiger partial charge in [-0.25, -0.2) is 0 Å². The zero-order valence-corrected chi connectivity index (χ0v) is 33.8. The van der Waals surface area contributed by atoms with Crippen molar-refractivity contribution < 1.29 is 64.6 Å². The van der Waals surface area contributed by atoms with Gasteiger partial charge >= 0.3 is 5.97 Å². The summed E-state index contributed by atoms with van der Waals surface area (Å²) in [5.41, 5.74) is 0.283. The Labute approximate surface area is 325 Å². The molecule has 0 aromatic rings. The van der Waals surface area contributed by atoms with Gasteiger partial charge in [-0.05, 0) is 109 Å². The lowest BCUT2D eigenvalue weighted by molar-refractivity contribution is -0.369. The van der Waals surface area contributed by atoms with Gasteiger partial charge in [0.25, 0.3) is 0 Å². The van der Waals surface area contributed by atoms with E-state index in [1.165, 1.54) is 5.57 Å². The molecule has 18 atom stereocenters. The summed E-state index contributed by atoms with van der Waals surface area (Å²) in [6.45, 7) is 15.1. The summed E-state index contributed by atoms with van der Waals surface area (Å²) in [6, 6.07) is 0. The molecule has 7 aliphatic rings. The highest BCUT2D eigenvalue weighted by Gasteiger charge is 2.69. The molecular formula is C42H68O13. The molecule has 0 radical (unpaired) electrons. The third kappa shape index (κ3) is 6.23. The van der Waals surface area contributed by atoms with Crippen molar-refractivity contribution in [2.24, 2.45) is 50.2 Å².